The number of carbonyl (C=O) groups excluding carboxylic acids is 2. The van der Waals surface area contributed by atoms with Crippen LogP contribution in [-0.2, 0) is 22.6 Å². The van der Waals surface area contributed by atoms with Crippen molar-refractivity contribution in [3.8, 4) is 0 Å². The van der Waals surface area contributed by atoms with Crippen LogP contribution in [0.4, 0.5) is 0 Å². The summed E-state index contributed by atoms with van der Waals surface area (Å²) < 4.78 is 0. The number of carbonyl (C=O) groups is 2. The Kier molecular flexibility index (Phi) is 5.89. The van der Waals surface area contributed by atoms with E-state index in [0.717, 1.165) is 30.3 Å². The summed E-state index contributed by atoms with van der Waals surface area (Å²) in [6.07, 6.45) is 8.14. The van der Waals surface area contributed by atoms with Crippen LogP contribution in [0.2, 0.25) is 0 Å². The molecule has 1 aliphatic heterocycles. The Morgan fingerprint density at radius 3 is 2.76 bits per heavy atom. The number of rotatable bonds is 6. The molecule has 0 bridgehead atoms. The number of piperidine rings is 1. The van der Waals surface area contributed by atoms with Crippen LogP contribution in [0.25, 0.3) is 10.9 Å². The molecule has 3 aromatic rings. The van der Waals surface area contributed by atoms with Crippen molar-refractivity contribution >= 4 is 22.7 Å². The zero-order chi connectivity index (χ0) is 20.1. The van der Waals surface area contributed by atoms with E-state index in [2.05, 4.69) is 21.4 Å². The maximum absolute atomic E-state index is 12.6. The molecule has 6 heteroatoms. The van der Waals surface area contributed by atoms with Gasteiger partial charge in [0, 0.05) is 61.5 Å². The topological polar surface area (TPSA) is 78.1 Å². The van der Waals surface area contributed by atoms with Crippen LogP contribution >= 0.6 is 0 Å². The van der Waals surface area contributed by atoms with Crippen molar-refractivity contribution in [1.29, 1.82) is 0 Å². The van der Waals surface area contributed by atoms with E-state index in [1.807, 2.05) is 41.4 Å². The van der Waals surface area contributed by atoms with Crippen molar-refractivity contribution in [2.45, 2.75) is 32.2 Å². The molecule has 1 saturated heterocycles. The minimum Gasteiger partial charge on any atom is -0.361 e. The molecule has 150 valence electrons. The van der Waals surface area contributed by atoms with Crippen LogP contribution < -0.4 is 5.32 Å². The van der Waals surface area contributed by atoms with E-state index in [1.54, 1.807) is 12.4 Å². The van der Waals surface area contributed by atoms with Gasteiger partial charge in [0.15, 0.2) is 0 Å². The summed E-state index contributed by atoms with van der Waals surface area (Å²) in [5.41, 5.74) is 3.28. The second kappa shape index (κ2) is 8.90. The molecule has 2 N–H and O–H groups in total. The van der Waals surface area contributed by atoms with Crippen molar-refractivity contribution < 1.29 is 9.59 Å². The van der Waals surface area contributed by atoms with Gasteiger partial charge >= 0.3 is 0 Å². The zero-order valence-corrected chi connectivity index (χ0v) is 16.4. The van der Waals surface area contributed by atoms with Gasteiger partial charge in [0.25, 0.3) is 0 Å². The molecule has 1 fully saturated rings. The number of hydrogen-bond acceptors (Lipinski definition) is 3. The van der Waals surface area contributed by atoms with Crippen molar-refractivity contribution in [1.82, 2.24) is 20.2 Å². The van der Waals surface area contributed by atoms with Gasteiger partial charge in [-0.15, -0.1) is 0 Å². The van der Waals surface area contributed by atoms with Gasteiger partial charge in [-0.1, -0.05) is 24.3 Å². The highest BCUT2D eigenvalue weighted by Crippen LogP contribution is 2.21. The number of aryl methyl sites for hydroxylation is 1. The quantitative estimate of drug-likeness (QED) is 0.679. The minimum atomic E-state index is -0.0238. The Morgan fingerprint density at radius 1 is 1.14 bits per heavy atom. The molecule has 1 aliphatic rings. The summed E-state index contributed by atoms with van der Waals surface area (Å²) in [6.45, 7) is 1.80. The minimum absolute atomic E-state index is 0.0238. The molecule has 0 unspecified atom stereocenters. The van der Waals surface area contributed by atoms with Crippen LogP contribution in [-0.4, -0.2) is 39.8 Å². The molecule has 0 aliphatic carbocycles. The smallest absolute Gasteiger partial charge is 0.223 e. The normalized spacial score (nSPS) is 14.8. The second-order valence-electron chi connectivity index (χ2n) is 7.59. The Morgan fingerprint density at radius 2 is 1.97 bits per heavy atom. The summed E-state index contributed by atoms with van der Waals surface area (Å²) in [4.78, 5) is 34.3. The van der Waals surface area contributed by atoms with Crippen molar-refractivity contribution in [3.63, 3.8) is 0 Å². The number of amides is 2. The SMILES string of the molecule is O=C(NCc1cccnc1)C1CCN(C(=O)CCc2c[nH]c3ccccc23)CC1. The number of H-pyrrole nitrogens is 1. The molecular weight excluding hydrogens is 364 g/mol. The van der Waals surface area contributed by atoms with Gasteiger partial charge in [-0.3, -0.25) is 14.6 Å². The Balaban J connectivity index is 1.22. The largest absolute Gasteiger partial charge is 0.361 e. The lowest BCUT2D eigenvalue weighted by Gasteiger charge is -2.31. The lowest BCUT2D eigenvalue weighted by atomic mass is 9.95. The second-order valence-corrected chi connectivity index (χ2v) is 7.59. The summed E-state index contributed by atoms with van der Waals surface area (Å²) in [6, 6.07) is 12.0. The lowest BCUT2D eigenvalue weighted by molar-refractivity contribution is -0.135. The van der Waals surface area contributed by atoms with Crippen molar-refractivity contribution in [3.05, 3.63) is 66.1 Å². The average molecular weight is 390 g/mol. The molecule has 2 amide bonds. The van der Waals surface area contributed by atoms with E-state index >= 15 is 0 Å². The zero-order valence-electron chi connectivity index (χ0n) is 16.4. The van der Waals surface area contributed by atoms with Gasteiger partial charge in [-0.05, 0) is 42.5 Å². The van der Waals surface area contributed by atoms with Gasteiger partial charge in [0.2, 0.25) is 11.8 Å². The first-order chi connectivity index (χ1) is 14.2. The van der Waals surface area contributed by atoms with E-state index in [9.17, 15) is 9.59 Å². The number of fused-ring (bicyclic) bond motifs is 1. The highest BCUT2D eigenvalue weighted by molar-refractivity contribution is 5.84. The van der Waals surface area contributed by atoms with Gasteiger partial charge in [0.05, 0.1) is 0 Å². The first-order valence-corrected chi connectivity index (χ1v) is 10.2. The number of aromatic nitrogens is 2. The first-order valence-electron chi connectivity index (χ1n) is 10.2. The number of likely N-dealkylation sites (tertiary alicyclic amines) is 1. The predicted molar refractivity (Wildman–Crippen MR) is 112 cm³/mol. The molecule has 0 spiro atoms. The molecule has 0 saturated carbocycles. The first kappa shape index (κ1) is 19.2. The Labute approximate surface area is 170 Å². The molecule has 4 rings (SSSR count). The van der Waals surface area contributed by atoms with Crippen LogP contribution in [0.5, 0.6) is 0 Å². The van der Waals surface area contributed by atoms with E-state index in [1.165, 1.54) is 10.9 Å². The number of hydrogen-bond donors (Lipinski definition) is 2. The highest BCUT2D eigenvalue weighted by Gasteiger charge is 2.27. The summed E-state index contributed by atoms with van der Waals surface area (Å²) in [5.74, 6) is 0.216. The monoisotopic (exact) mass is 390 g/mol. The molecule has 0 radical (unpaired) electrons. The van der Waals surface area contributed by atoms with Gasteiger partial charge < -0.3 is 15.2 Å². The molecule has 1 aromatic carbocycles. The fourth-order valence-corrected chi connectivity index (χ4v) is 3.97. The van der Waals surface area contributed by atoms with Gasteiger partial charge in [-0.2, -0.15) is 0 Å². The summed E-state index contributed by atoms with van der Waals surface area (Å²) in [5, 5.41) is 4.17. The fourth-order valence-electron chi connectivity index (χ4n) is 3.97. The molecule has 3 heterocycles. The van der Waals surface area contributed by atoms with E-state index in [-0.39, 0.29) is 17.7 Å². The summed E-state index contributed by atoms with van der Waals surface area (Å²) in [7, 11) is 0. The number of nitrogens with zero attached hydrogens (tertiary/aromatic N) is 2. The standard InChI is InChI=1S/C23H26N4O2/c28-22(8-7-19-16-25-21-6-2-1-5-20(19)21)27-12-9-18(10-13-27)23(29)26-15-17-4-3-11-24-14-17/h1-6,11,14,16,18,25H,7-10,12-13,15H2,(H,26,29). The maximum Gasteiger partial charge on any atom is 0.223 e. The third kappa shape index (κ3) is 4.65. The number of para-hydroxylation sites is 1. The number of nitrogens with one attached hydrogen (secondary N) is 2. The maximum atomic E-state index is 12.6. The molecule has 0 atom stereocenters. The average Bonchev–Trinajstić information content (AvgIpc) is 3.20. The highest BCUT2D eigenvalue weighted by atomic mass is 16.2. The lowest BCUT2D eigenvalue weighted by Crippen LogP contribution is -2.43. The molecule has 6 nitrogen and oxygen atoms in total. The van der Waals surface area contributed by atoms with E-state index < -0.39 is 0 Å². The van der Waals surface area contributed by atoms with Crippen LogP contribution in [0, 0.1) is 5.92 Å². The van der Waals surface area contributed by atoms with Crippen LogP contribution in [0.1, 0.15) is 30.4 Å². The Bertz CT molecular complexity index is 975. The number of aromatic amines is 1. The van der Waals surface area contributed by atoms with Crippen LogP contribution in [0.15, 0.2) is 55.0 Å². The van der Waals surface area contributed by atoms with Gasteiger partial charge in [-0.25, -0.2) is 0 Å². The van der Waals surface area contributed by atoms with E-state index in [4.69, 9.17) is 0 Å². The number of benzene rings is 1. The molecule has 29 heavy (non-hydrogen) atoms. The number of pyridine rings is 1. The van der Waals surface area contributed by atoms with Crippen molar-refractivity contribution in [2.24, 2.45) is 5.92 Å². The molecular formula is C23H26N4O2. The third-order valence-corrected chi connectivity index (χ3v) is 5.69. The third-order valence-electron chi connectivity index (χ3n) is 5.69. The van der Waals surface area contributed by atoms with E-state index in [0.29, 0.717) is 26.1 Å². The molecule has 2 aromatic heterocycles. The fraction of sp³-hybridized carbons (Fsp3) is 0.348. The predicted octanol–water partition coefficient (Wildman–Crippen LogP) is 3.05. The van der Waals surface area contributed by atoms with Crippen molar-refractivity contribution in [2.75, 3.05) is 13.1 Å². The Hall–Kier alpha value is -3.15. The summed E-state index contributed by atoms with van der Waals surface area (Å²) >= 11 is 0. The van der Waals surface area contributed by atoms with Gasteiger partial charge in [0.1, 0.15) is 0 Å². The van der Waals surface area contributed by atoms with Crippen LogP contribution in [0.3, 0.4) is 0 Å².